The van der Waals surface area contributed by atoms with Gasteiger partial charge in [0.25, 0.3) is 0 Å². The van der Waals surface area contributed by atoms with Gasteiger partial charge in [-0.1, -0.05) is 19.9 Å². The van der Waals surface area contributed by atoms with Crippen molar-refractivity contribution < 1.29 is 38.6 Å². The van der Waals surface area contributed by atoms with Crippen molar-refractivity contribution in [2.45, 2.75) is 76.8 Å². The van der Waals surface area contributed by atoms with Gasteiger partial charge in [0.2, 0.25) is 12.1 Å². The van der Waals surface area contributed by atoms with Crippen molar-refractivity contribution in [3.05, 3.63) is 23.8 Å². The monoisotopic (exact) mass is 448 g/mol. The normalized spacial score (nSPS) is 42.6. The molecule has 0 unspecified atom stereocenters. The van der Waals surface area contributed by atoms with Gasteiger partial charge in [-0.25, -0.2) is 9.78 Å². The molecule has 1 aliphatic carbocycles. The standard InChI is InChI=1S/C24H32O8/c1-13-5-7-17-14(2)21(28-18-8-6-15(12-20(25)26)11-19(18)27-4)29-22-24(17)16(13)9-10-23(3,30-22)31-32-24/h6,8,11,13-14,16-17,21-22H,5,7,9-10,12H2,1-4H3,(H,25,26)/t13-,14-,16+,17+,21+,22-,23-,24-/m1/s1. The first-order valence-corrected chi connectivity index (χ1v) is 11.5. The molecule has 0 amide bonds. The first-order chi connectivity index (χ1) is 15.3. The number of benzene rings is 1. The molecule has 8 nitrogen and oxygen atoms in total. The van der Waals surface area contributed by atoms with Crippen LogP contribution < -0.4 is 9.47 Å². The highest BCUT2D eigenvalue weighted by Gasteiger charge is 2.69. The average molecular weight is 449 g/mol. The molecule has 8 atom stereocenters. The van der Waals surface area contributed by atoms with E-state index < -0.39 is 29.9 Å². The van der Waals surface area contributed by atoms with Crippen molar-refractivity contribution >= 4 is 5.97 Å². The van der Waals surface area contributed by atoms with Crippen molar-refractivity contribution in [3.63, 3.8) is 0 Å². The molecule has 1 aromatic carbocycles. The van der Waals surface area contributed by atoms with Crippen LogP contribution in [0.25, 0.3) is 0 Å². The predicted octanol–water partition coefficient (Wildman–Crippen LogP) is 3.91. The maximum Gasteiger partial charge on any atom is 0.307 e. The summed E-state index contributed by atoms with van der Waals surface area (Å²) in [5, 5.41) is 9.07. The van der Waals surface area contributed by atoms with E-state index in [4.69, 9.17) is 33.8 Å². The molecule has 1 aromatic rings. The van der Waals surface area contributed by atoms with Gasteiger partial charge >= 0.3 is 5.97 Å². The topological polar surface area (TPSA) is 92.7 Å². The number of carbonyl (C=O) groups is 1. The van der Waals surface area contributed by atoms with Crippen LogP contribution in [-0.2, 0) is 30.5 Å². The molecule has 6 rings (SSSR count). The van der Waals surface area contributed by atoms with Crippen molar-refractivity contribution in [1.29, 1.82) is 0 Å². The Morgan fingerprint density at radius 1 is 1.16 bits per heavy atom. The minimum Gasteiger partial charge on any atom is -0.493 e. The van der Waals surface area contributed by atoms with E-state index in [-0.39, 0.29) is 18.3 Å². The summed E-state index contributed by atoms with van der Waals surface area (Å²) in [7, 11) is 1.54. The van der Waals surface area contributed by atoms with Crippen LogP contribution in [-0.4, -0.2) is 42.2 Å². The number of hydrogen-bond donors (Lipinski definition) is 1. The summed E-state index contributed by atoms with van der Waals surface area (Å²) in [5.41, 5.74) is 0.00723. The number of aliphatic carboxylic acids is 1. The van der Waals surface area contributed by atoms with E-state index in [1.165, 1.54) is 0 Å². The number of ether oxygens (including phenoxy) is 4. The first-order valence-electron chi connectivity index (χ1n) is 11.5. The quantitative estimate of drug-likeness (QED) is 0.678. The Balaban J connectivity index is 1.44. The molecule has 4 aliphatic heterocycles. The van der Waals surface area contributed by atoms with Crippen LogP contribution in [0.15, 0.2) is 18.2 Å². The maximum atomic E-state index is 11.1. The molecule has 5 fully saturated rings. The SMILES string of the molecule is COc1cc(CC(=O)O)ccc1O[C@H]1O[C@@H]2O[C@@]3(C)CC[C@H]4[C@H](C)CC[C@@H]([C@H]1C)[C@@]24OO3. The smallest absolute Gasteiger partial charge is 0.307 e. The summed E-state index contributed by atoms with van der Waals surface area (Å²) < 4.78 is 24.6. The summed E-state index contributed by atoms with van der Waals surface area (Å²) in [5.74, 6) is 0.237. The van der Waals surface area contributed by atoms with Gasteiger partial charge in [-0.2, -0.15) is 0 Å². The first kappa shape index (κ1) is 21.9. The van der Waals surface area contributed by atoms with Crippen molar-refractivity contribution in [2.24, 2.45) is 23.7 Å². The maximum absolute atomic E-state index is 11.1. The second-order valence-electron chi connectivity index (χ2n) is 9.95. The van der Waals surface area contributed by atoms with E-state index in [2.05, 4.69) is 13.8 Å². The highest BCUT2D eigenvalue weighted by molar-refractivity contribution is 5.70. The van der Waals surface area contributed by atoms with Crippen molar-refractivity contribution in [1.82, 2.24) is 0 Å². The van der Waals surface area contributed by atoms with Gasteiger partial charge < -0.3 is 24.1 Å². The van der Waals surface area contributed by atoms with Crippen LogP contribution in [0.1, 0.15) is 52.0 Å². The molecule has 0 aromatic heterocycles. The number of hydrogen-bond acceptors (Lipinski definition) is 7. The number of fused-ring (bicyclic) bond motifs is 2. The number of methoxy groups -OCH3 is 1. The lowest BCUT2D eigenvalue weighted by molar-refractivity contribution is -0.575. The Bertz CT molecular complexity index is 889. The zero-order valence-corrected chi connectivity index (χ0v) is 19.0. The minimum atomic E-state index is -0.896. The van der Waals surface area contributed by atoms with E-state index in [1.807, 2.05) is 6.92 Å². The van der Waals surface area contributed by atoms with Crippen LogP contribution in [0.2, 0.25) is 0 Å². The van der Waals surface area contributed by atoms with Crippen LogP contribution >= 0.6 is 0 Å². The zero-order chi connectivity index (χ0) is 22.7. The predicted molar refractivity (Wildman–Crippen MR) is 112 cm³/mol. The molecular weight excluding hydrogens is 416 g/mol. The van der Waals surface area contributed by atoms with Crippen molar-refractivity contribution in [2.75, 3.05) is 7.11 Å². The van der Waals surface area contributed by atoms with Crippen LogP contribution in [0, 0.1) is 23.7 Å². The van der Waals surface area contributed by atoms with Gasteiger partial charge in [0, 0.05) is 18.3 Å². The van der Waals surface area contributed by atoms with Crippen molar-refractivity contribution in [3.8, 4) is 11.5 Å². The largest absolute Gasteiger partial charge is 0.493 e. The fourth-order valence-electron chi connectivity index (χ4n) is 6.23. The fourth-order valence-corrected chi connectivity index (χ4v) is 6.23. The molecule has 4 saturated heterocycles. The van der Waals surface area contributed by atoms with Gasteiger partial charge in [-0.3, -0.25) is 4.79 Å². The summed E-state index contributed by atoms with van der Waals surface area (Å²) >= 11 is 0. The Kier molecular flexibility index (Phi) is 5.40. The highest BCUT2D eigenvalue weighted by atomic mass is 17.3. The Morgan fingerprint density at radius 2 is 1.97 bits per heavy atom. The Labute approximate surface area is 188 Å². The van der Waals surface area contributed by atoms with Gasteiger partial charge in [-0.15, -0.1) is 0 Å². The lowest BCUT2D eigenvalue weighted by Crippen LogP contribution is -2.70. The molecular formula is C24H32O8. The average Bonchev–Trinajstić information content (AvgIpc) is 2.98. The molecule has 4 heterocycles. The second-order valence-corrected chi connectivity index (χ2v) is 9.95. The van der Waals surface area contributed by atoms with E-state index in [9.17, 15) is 4.79 Å². The van der Waals surface area contributed by atoms with E-state index >= 15 is 0 Å². The third kappa shape index (κ3) is 3.39. The lowest BCUT2D eigenvalue weighted by Gasteiger charge is -2.60. The molecule has 1 spiro atoms. The van der Waals surface area contributed by atoms with Gasteiger partial charge in [0.05, 0.1) is 13.5 Å². The van der Waals surface area contributed by atoms with Gasteiger partial charge in [-0.05, 0) is 55.7 Å². The number of carboxylic acid groups (broad SMARTS) is 1. The molecule has 0 radical (unpaired) electrons. The lowest BCUT2D eigenvalue weighted by atomic mass is 9.58. The third-order valence-electron chi connectivity index (χ3n) is 7.92. The van der Waals surface area contributed by atoms with Crippen LogP contribution in [0.4, 0.5) is 0 Å². The molecule has 1 saturated carbocycles. The van der Waals surface area contributed by atoms with Crippen LogP contribution in [0.5, 0.6) is 11.5 Å². The summed E-state index contributed by atoms with van der Waals surface area (Å²) in [6.45, 7) is 6.31. The summed E-state index contributed by atoms with van der Waals surface area (Å²) in [4.78, 5) is 23.1. The molecule has 32 heavy (non-hydrogen) atoms. The van der Waals surface area contributed by atoms with Gasteiger partial charge in [0.15, 0.2) is 23.4 Å². The molecule has 176 valence electrons. The number of rotatable bonds is 5. The molecule has 5 aliphatic rings. The van der Waals surface area contributed by atoms with E-state index in [1.54, 1.807) is 25.3 Å². The Hall–Kier alpha value is -1.87. The fraction of sp³-hybridized carbons (Fsp3) is 0.708. The highest BCUT2D eigenvalue weighted by Crippen LogP contribution is 2.60. The van der Waals surface area contributed by atoms with Gasteiger partial charge in [0.1, 0.15) is 0 Å². The Morgan fingerprint density at radius 3 is 2.72 bits per heavy atom. The third-order valence-corrected chi connectivity index (χ3v) is 7.92. The van der Waals surface area contributed by atoms with E-state index in [0.29, 0.717) is 28.9 Å². The molecule has 2 bridgehead atoms. The second kappa shape index (κ2) is 7.87. The summed E-state index contributed by atoms with van der Waals surface area (Å²) in [6.07, 6.45) is 2.61. The zero-order valence-electron chi connectivity index (χ0n) is 19.0. The van der Waals surface area contributed by atoms with E-state index in [0.717, 1.165) is 25.7 Å². The number of carboxylic acids is 1. The summed E-state index contributed by atoms with van der Waals surface area (Å²) in [6, 6.07) is 5.17. The van der Waals surface area contributed by atoms with Crippen LogP contribution in [0.3, 0.4) is 0 Å². The molecule has 8 heteroatoms. The minimum absolute atomic E-state index is 0.0271. The molecule has 1 N–H and O–H groups in total.